The van der Waals surface area contributed by atoms with Gasteiger partial charge in [-0.2, -0.15) is 0 Å². The Bertz CT molecular complexity index is 297. The molecule has 0 fully saturated rings. The molecule has 13 heavy (non-hydrogen) atoms. The highest BCUT2D eigenvalue weighted by atomic mass is 32.2. The lowest BCUT2D eigenvalue weighted by Gasteiger charge is -2.12. The maximum absolute atomic E-state index is 5.31. The van der Waals surface area contributed by atoms with E-state index in [0.717, 1.165) is 22.0 Å². The molecule has 0 aliphatic carbocycles. The molecule has 0 aliphatic rings. The van der Waals surface area contributed by atoms with Crippen molar-refractivity contribution in [1.82, 2.24) is 0 Å². The molecule has 0 saturated carbocycles. The van der Waals surface area contributed by atoms with E-state index in [-0.39, 0.29) is 0 Å². The number of thioether (sulfide) groups is 1. The van der Waals surface area contributed by atoms with E-state index in [1.165, 1.54) is 0 Å². The average molecular weight is 198 g/mol. The van der Waals surface area contributed by atoms with E-state index in [2.05, 4.69) is 0 Å². The number of rotatable bonds is 3. The summed E-state index contributed by atoms with van der Waals surface area (Å²) in [6.45, 7) is 2.00. The summed E-state index contributed by atoms with van der Waals surface area (Å²) in [5.41, 5.74) is 1.05. The van der Waals surface area contributed by atoms with Crippen LogP contribution in [0.4, 0.5) is 0 Å². The molecule has 0 heterocycles. The Morgan fingerprint density at radius 1 is 1.15 bits per heavy atom. The van der Waals surface area contributed by atoms with Crippen molar-refractivity contribution in [3.63, 3.8) is 0 Å². The number of methoxy groups -OCH3 is 2. The summed E-state index contributed by atoms with van der Waals surface area (Å²) in [7, 11) is 3.35. The van der Waals surface area contributed by atoms with E-state index in [1.54, 1.807) is 26.0 Å². The van der Waals surface area contributed by atoms with Crippen LogP contribution in [0.15, 0.2) is 17.0 Å². The molecule has 0 amide bonds. The molecule has 0 radical (unpaired) electrons. The normalized spacial score (nSPS) is 9.85. The topological polar surface area (TPSA) is 18.5 Å². The van der Waals surface area contributed by atoms with Crippen molar-refractivity contribution in [2.45, 2.75) is 11.8 Å². The first kappa shape index (κ1) is 10.3. The molecule has 0 unspecified atom stereocenters. The Balaban J connectivity index is 3.23. The Morgan fingerprint density at radius 3 is 2.31 bits per heavy atom. The van der Waals surface area contributed by atoms with Gasteiger partial charge in [0.2, 0.25) is 0 Å². The monoisotopic (exact) mass is 198 g/mol. The molecule has 0 spiro atoms. The van der Waals surface area contributed by atoms with Crippen molar-refractivity contribution in [1.29, 1.82) is 0 Å². The molecule has 0 bridgehead atoms. The third kappa shape index (κ3) is 1.91. The molecule has 2 nitrogen and oxygen atoms in total. The highest BCUT2D eigenvalue weighted by Crippen LogP contribution is 2.35. The van der Waals surface area contributed by atoms with Gasteiger partial charge in [-0.1, -0.05) is 0 Å². The van der Waals surface area contributed by atoms with Crippen LogP contribution in [0.5, 0.6) is 11.5 Å². The number of ether oxygens (including phenoxy) is 2. The van der Waals surface area contributed by atoms with Gasteiger partial charge in [-0.15, -0.1) is 11.8 Å². The molecule has 0 atom stereocenters. The lowest BCUT2D eigenvalue weighted by Crippen LogP contribution is -1.93. The Kier molecular flexibility index (Phi) is 3.48. The van der Waals surface area contributed by atoms with Gasteiger partial charge in [-0.3, -0.25) is 0 Å². The third-order valence-electron chi connectivity index (χ3n) is 1.96. The molecule has 0 aromatic heterocycles. The van der Waals surface area contributed by atoms with Gasteiger partial charge in [0.05, 0.1) is 14.2 Å². The molecular weight excluding hydrogens is 184 g/mol. The van der Waals surface area contributed by atoms with Crippen LogP contribution in [-0.2, 0) is 0 Å². The van der Waals surface area contributed by atoms with Gasteiger partial charge >= 0.3 is 0 Å². The predicted molar refractivity (Wildman–Crippen MR) is 56.1 cm³/mol. The van der Waals surface area contributed by atoms with Gasteiger partial charge in [0.25, 0.3) is 0 Å². The van der Waals surface area contributed by atoms with Gasteiger partial charge < -0.3 is 9.47 Å². The predicted octanol–water partition coefficient (Wildman–Crippen LogP) is 2.73. The average Bonchev–Trinajstić information content (AvgIpc) is 2.17. The van der Waals surface area contributed by atoms with Crippen molar-refractivity contribution in [2.75, 3.05) is 20.5 Å². The van der Waals surface area contributed by atoms with Crippen LogP contribution in [-0.4, -0.2) is 20.5 Å². The van der Waals surface area contributed by atoms with Crippen LogP contribution in [0.3, 0.4) is 0 Å². The molecule has 1 aromatic rings. The molecule has 3 heteroatoms. The second-order valence-corrected chi connectivity index (χ2v) is 3.48. The first-order valence-electron chi connectivity index (χ1n) is 4.00. The second-order valence-electron chi connectivity index (χ2n) is 2.63. The molecule has 72 valence electrons. The van der Waals surface area contributed by atoms with E-state index < -0.39 is 0 Å². The summed E-state index contributed by atoms with van der Waals surface area (Å²) in [6, 6.07) is 3.97. The second kappa shape index (κ2) is 4.42. The van der Waals surface area contributed by atoms with Gasteiger partial charge in [0.1, 0.15) is 11.5 Å². The van der Waals surface area contributed by atoms with E-state index in [4.69, 9.17) is 9.47 Å². The Labute approximate surface area is 83.2 Å². The fourth-order valence-electron chi connectivity index (χ4n) is 1.28. The zero-order valence-corrected chi connectivity index (χ0v) is 9.20. The van der Waals surface area contributed by atoms with Crippen molar-refractivity contribution >= 4 is 11.8 Å². The molecular formula is C10H14O2S. The summed E-state index contributed by atoms with van der Waals surface area (Å²) in [6.07, 6.45) is 2.03. The molecule has 1 rings (SSSR count). The number of benzene rings is 1. The third-order valence-corrected chi connectivity index (χ3v) is 2.73. The standard InChI is InChI=1S/C10H14O2S/c1-7-8(11-2)5-6-9(13-4)10(7)12-3/h5-6H,1-4H3. The highest BCUT2D eigenvalue weighted by Gasteiger charge is 2.09. The number of hydrogen-bond donors (Lipinski definition) is 0. The van der Waals surface area contributed by atoms with E-state index >= 15 is 0 Å². The van der Waals surface area contributed by atoms with Crippen LogP contribution in [0, 0.1) is 6.92 Å². The SMILES string of the molecule is COc1ccc(SC)c(OC)c1C. The Morgan fingerprint density at radius 2 is 1.85 bits per heavy atom. The van der Waals surface area contributed by atoms with E-state index in [1.807, 2.05) is 25.3 Å². The zero-order chi connectivity index (χ0) is 9.84. The lowest BCUT2D eigenvalue weighted by atomic mass is 10.2. The highest BCUT2D eigenvalue weighted by molar-refractivity contribution is 7.98. The van der Waals surface area contributed by atoms with Crippen LogP contribution in [0.2, 0.25) is 0 Å². The van der Waals surface area contributed by atoms with Crippen LogP contribution in [0.1, 0.15) is 5.56 Å². The van der Waals surface area contributed by atoms with Crippen molar-refractivity contribution in [3.8, 4) is 11.5 Å². The maximum Gasteiger partial charge on any atom is 0.139 e. The van der Waals surface area contributed by atoms with Gasteiger partial charge in [0.15, 0.2) is 0 Å². The summed E-state index contributed by atoms with van der Waals surface area (Å²) < 4.78 is 10.5. The summed E-state index contributed by atoms with van der Waals surface area (Å²) in [5.74, 6) is 1.78. The molecule has 0 saturated heterocycles. The maximum atomic E-state index is 5.31. The number of hydrogen-bond acceptors (Lipinski definition) is 3. The summed E-state index contributed by atoms with van der Waals surface area (Å²) >= 11 is 1.67. The van der Waals surface area contributed by atoms with Crippen molar-refractivity contribution < 1.29 is 9.47 Å². The zero-order valence-electron chi connectivity index (χ0n) is 8.38. The van der Waals surface area contributed by atoms with Gasteiger partial charge in [-0.25, -0.2) is 0 Å². The minimum atomic E-state index is 0.870. The first-order chi connectivity index (χ1) is 6.24. The summed E-state index contributed by atoms with van der Waals surface area (Å²) in [5, 5.41) is 0. The minimum Gasteiger partial charge on any atom is -0.496 e. The molecule has 0 N–H and O–H groups in total. The van der Waals surface area contributed by atoms with Crippen molar-refractivity contribution in [2.24, 2.45) is 0 Å². The fourth-order valence-corrected chi connectivity index (χ4v) is 1.91. The fraction of sp³-hybridized carbons (Fsp3) is 0.400. The van der Waals surface area contributed by atoms with Crippen molar-refractivity contribution in [3.05, 3.63) is 17.7 Å². The minimum absolute atomic E-state index is 0.870. The Hall–Kier alpha value is -0.830. The molecule has 0 aliphatic heterocycles. The summed E-state index contributed by atoms with van der Waals surface area (Å²) in [4.78, 5) is 1.14. The van der Waals surface area contributed by atoms with Crippen LogP contribution < -0.4 is 9.47 Å². The largest absolute Gasteiger partial charge is 0.496 e. The van der Waals surface area contributed by atoms with Crippen LogP contribution >= 0.6 is 11.8 Å². The van der Waals surface area contributed by atoms with Gasteiger partial charge in [-0.05, 0) is 25.3 Å². The smallest absolute Gasteiger partial charge is 0.139 e. The van der Waals surface area contributed by atoms with Crippen LogP contribution in [0.25, 0.3) is 0 Å². The van der Waals surface area contributed by atoms with Gasteiger partial charge in [0, 0.05) is 10.5 Å². The lowest BCUT2D eigenvalue weighted by molar-refractivity contribution is 0.382. The first-order valence-corrected chi connectivity index (χ1v) is 5.22. The quantitative estimate of drug-likeness (QED) is 0.696. The molecule has 1 aromatic carbocycles. The van der Waals surface area contributed by atoms with E-state index in [9.17, 15) is 0 Å². The van der Waals surface area contributed by atoms with E-state index in [0.29, 0.717) is 0 Å².